The van der Waals surface area contributed by atoms with Crippen LogP contribution in [0.5, 0.6) is 0 Å². The number of likely N-dealkylation sites (tertiary alicyclic amines) is 1. The quantitative estimate of drug-likeness (QED) is 0.672. The van der Waals surface area contributed by atoms with Crippen LogP contribution in [0.4, 0.5) is 0 Å². The minimum atomic E-state index is 0.229. The van der Waals surface area contributed by atoms with E-state index in [4.69, 9.17) is 0 Å². The van der Waals surface area contributed by atoms with E-state index < -0.39 is 0 Å². The number of nitrogens with zero attached hydrogens (tertiary/aromatic N) is 1. The molecule has 0 radical (unpaired) electrons. The van der Waals surface area contributed by atoms with Crippen LogP contribution in [0, 0.1) is 5.92 Å². The molecule has 0 bridgehead atoms. The molecular weight excluding hydrogens is 278 g/mol. The van der Waals surface area contributed by atoms with Crippen LogP contribution in [0.25, 0.3) is 6.08 Å². The van der Waals surface area contributed by atoms with Crippen LogP contribution in [0.3, 0.4) is 0 Å². The third-order valence-corrected chi connectivity index (χ3v) is 5.24. The predicted octanol–water partition coefficient (Wildman–Crippen LogP) is 5.90. The van der Waals surface area contributed by atoms with E-state index in [0.29, 0.717) is 12.1 Å². The van der Waals surface area contributed by atoms with Crippen molar-refractivity contribution in [2.75, 3.05) is 6.54 Å². The minimum Gasteiger partial charge on any atom is -0.294 e. The highest BCUT2D eigenvalue weighted by Crippen LogP contribution is 2.28. The van der Waals surface area contributed by atoms with Gasteiger partial charge in [0.15, 0.2) is 0 Å². The third kappa shape index (κ3) is 4.94. The van der Waals surface area contributed by atoms with Crippen LogP contribution < -0.4 is 0 Å². The monoisotopic (exact) mass is 313 g/mol. The van der Waals surface area contributed by atoms with Crippen molar-refractivity contribution in [1.82, 2.24) is 4.90 Å². The zero-order valence-electron chi connectivity index (χ0n) is 16.2. The van der Waals surface area contributed by atoms with Gasteiger partial charge in [0.1, 0.15) is 0 Å². The Morgan fingerprint density at radius 1 is 1.04 bits per heavy atom. The molecule has 0 amide bonds. The maximum atomic E-state index is 2.68. The van der Waals surface area contributed by atoms with Crippen LogP contribution in [0.1, 0.15) is 72.4 Å². The number of rotatable bonds is 3. The van der Waals surface area contributed by atoms with Gasteiger partial charge in [-0.05, 0) is 56.1 Å². The summed E-state index contributed by atoms with van der Waals surface area (Å²) < 4.78 is 0. The first-order chi connectivity index (χ1) is 10.7. The molecule has 1 aliphatic rings. The second-order valence-electron chi connectivity index (χ2n) is 8.81. The lowest BCUT2D eigenvalue weighted by atomic mass is 9.86. The maximum Gasteiger partial charge on any atom is 0.0199 e. The summed E-state index contributed by atoms with van der Waals surface area (Å²) in [5, 5.41) is 0. The van der Waals surface area contributed by atoms with Crippen LogP contribution in [-0.4, -0.2) is 23.5 Å². The summed E-state index contributed by atoms with van der Waals surface area (Å²) in [6.45, 7) is 17.3. The highest BCUT2D eigenvalue weighted by molar-refractivity contribution is 5.53. The zero-order chi connectivity index (χ0) is 17.2. The molecule has 1 heteroatoms. The molecule has 128 valence electrons. The molecule has 1 nitrogen and oxygen atoms in total. The lowest BCUT2D eigenvalue weighted by Gasteiger charge is -2.42. The van der Waals surface area contributed by atoms with Gasteiger partial charge in [-0.15, -0.1) is 0 Å². The van der Waals surface area contributed by atoms with Gasteiger partial charge in [-0.1, -0.05) is 63.6 Å². The van der Waals surface area contributed by atoms with Crippen molar-refractivity contribution < 1.29 is 0 Å². The second-order valence-corrected chi connectivity index (χ2v) is 8.81. The lowest BCUT2D eigenvalue weighted by Crippen LogP contribution is -2.46. The first-order valence-corrected chi connectivity index (χ1v) is 9.20. The standard InChI is InChI=1S/C22H35N/c1-16-12-18(3)23(19(4)13-16)15-17(2)14-20-8-10-21(11-9-20)22(5,6)7/h8-11,14,16,18-19H,12-13,15H2,1-7H3. The summed E-state index contributed by atoms with van der Waals surface area (Å²) in [5.41, 5.74) is 4.41. The molecule has 1 aliphatic heterocycles. The number of hydrogen-bond donors (Lipinski definition) is 0. The molecule has 0 spiro atoms. The fraction of sp³-hybridized carbons (Fsp3) is 0.636. The zero-order valence-corrected chi connectivity index (χ0v) is 16.2. The summed E-state index contributed by atoms with van der Waals surface area (Å²) in [6, 6.07) is 10.4. The SMILES string of the molecule is CC(=Cc1ccc(C(C)(C)C)cc1)CN1C(C)CC(C)CC1C. The average molecular weight is 314 g/mol. The van der Waals surface area contributed by atoms with E-state index in [0.717, 1.165) is 12.5 Å². The molecule has 1 heterocycles. The van der Waals surface area contributed by atoms with E-state index >= 15 is 0 Å². The number of piperidine rings is 1. The minimum absolute atomic E-state index is 0.229. The first kappa shape index (κ1) is 18.3. The molecule has 0 N–H and O–H groups in total. The van der Waals surface area contributed by atoms with Gasteiger partial charge in [0.05, 0.1) is 0 Å². The van der Waals surface area contributed by atoms with Crippen molar-refractivity contribution in [2.45, 2.75) is 78.8 Å². The van der Waals surface area contributed by atoms with Gasteiger partial charge in [-0.2, -0.15) is 0 Å². The van der Waals surface area contributed by atoms with Gasteiger partial charge in [-0.3, -0.25) is 4.90 Å². The van der Waals surface area contributed by atoms with E-state index in [2.05, 4.69) is 83.7 Å². The smallest absolute Gasteiger partial charge is 0.0199 e. The molecule has 1 aromatic carbocycles. The Kier molecular flexibility index (Phi) is 5.73. The summed E-state index contributed by atoms with van der Waals surface area (Å²) in [4.78, 5) is 2.68. The Bertz CT molecular complexity index is 520. The van der Waals surface area contributed by atoms with Crippen molar-refractivity contribution >= 4 is 6.08 Å². The molecule has 0 aromatic heterocycles. The lowest BCUT2D eigenvalue weighted by molar-refractivity contribution is 0.0859. The second kappa shape index (κ2) is 7.21. The van der Waals surface area contributed by atoms with Gasteiger partial charge >= 0.3 is 0 Å². The van der Waals surface area contributed by atoms with Gasteiger partial charge in [0.2, 0.25) is 0 Å². The Morgan fingerprint density at radius 3 is 2.04 bits per heavy atom. The van der Waals surface area contributed by atoms with Crippen molar-refractivity contribution in [2.24, 2.45) is 5.92 Å². The van der Waals surface area contributed by atoms with Crippen LogP contribution in [0.2, 0.25) is 0 Å². The molecule has 1 fully saturated rings. The Hall–Kier alpha value is -1.08. The van der Waals surface area contributed by atoms with E-state index in [1.807, 2.05) is 0 Å². The number of hydrogen-bond acceptors (Lipinski definition) is 1. The summed E-state index contributed by atoms with van der Waals surface area (Å²) >= 11 is 0. The van der Waals surface area contributed by atoms with Crippen LogP contribution >= 0.6 is 0 Å². The van der Waals surface area contributed by atoms with Gasteiger partial charge < -0.3 is 0 Å². The molecule has 2 rings (SSSR count). The van der Waals surface area contributed by atoms with Crippen molar-refractivity contribution in [3.63, 3.8) is 0 Å². The van der Waals surface area contributed by atoms with Gasteiger partial charge in [0, 0.05) is 18.6 Å². The first-order valence-electron chi connectivity index (χ1n) is 9.20. The molecule has 1 aromatic rings. The summed E-state index contributed by atoms with van der Waals surface area (Å²) in [7, 11) is 0. The van der Waals surface area contributed by atoms with Crippen molar-refractivity contribution in [3.8, 4) is 0 Å². The highest BCUT2D eigenvalue weighted by Gasteiger charge is 2.28. The molecule has 2 atom stereocenters. The Morgan fingerprint density at radius 2 is 1.57 bits per heavy atom. The highest BCUT2D eigenvalue weighted by atomic mass is 15.2. The molecule has 2 unspecified atom stereocenters. The molecule has 0 aliphatic carbocycles. The van der Waals surface area contributed by atoms with Crippen LogP contribution in [0.15, 0.2) is 29.8 Å². The van der Waals surface area contributed by atoms with Crippen molar-refractivity contribution in [3.05, 3.63) is 41.0 Å². The van der Waals surface area contributed by atoms with Crippen molar-refractivity contribution in [1.29, 1.82) is 0 Å². The third-order valence-electron chi connectivity index (χ3n) is 5.24. The fourth-order valence-corrected chi connectivity index (χ4v) is 3.98. The number of benzene rings is 1. The maximum absolute atomic E-state index is 2.68. The molecule has 23 heavy (non-hydrogen) atoms. The van der Waals surface area contributed by atoms with E-state index in [9.17, 15) is 0 Å². The summed E-state index contributed by atoms with van der Waals surface area (Å²) in [5.74, 6) is 0.866. The van der Waals surface area contributed by atoms with E-state index in [1.54, 1.807) is 0 Å². The molecule has 1 saturated heterocycles. The van der Waals surface area contributed by atoms with Gasteiger partial charge in [0.25, 0.3) is 0 Å². The van der Waals surface area contributed by atoms with E-state index in [-0.39, 0.29) is 5.41 Å². The summed E-state index contributed by atoms with van der Waals surface area (Å²) in [6.07, 6.45) is 5.01. The van der Waals surface area contributed by atoms with Gasteiger partial charge in [-0.25, -0.2) is 0 Å². The van der Waals surface area contributed by atoms with Crippen LogP contribution in [-0.2, 0) is 5.41 Å². The normalized spacial score (nSPS) is 27.3. The average Bonchev–Trinajstić information content (AvgIpc) is 2.42. The predicted molar refractivity (Wildman–Crippen MR) is 103 cm³/mol. The Labute approximate surface area is 143 Å². The topological polar surface area (TPSA) is 3.24 Å². The Balaban J connectivity index is 2.05. The van der Waals surface area contributed by atoms with E-state index in [1.165, 1.54) is 29.5 Å². The molecule has 0 saturated carbocycles. The molecular formula is C22H35N. The largest absolute Gasteiger partial charge is 0.294 e. The fourth-order valence-electron chi connectivity index (χ4n) is 3.98.